The van der Waals surface area contributed by atoms with Gasteiger partial charge in [0.25, 0.3) is 5.56 Å². The molecule has 3 heterocycles. The number of hydrogen-bond acceptors (Lipinski definition) is 5. The second-order valence-corrected chi connectivity index (χ2v) is 10.6. The number of carbonyl (C=O) groups is 1. The van der Waals surface area contributed by atoms with Gasteiger partial charge in [0, 0.05) is 19.0 Å². The third-order valence-electron chi connectivity index (χ3n) is 6.93. The minimum Gasteiger partial charge on any atom is -0.388 e. The lowest BCUT2D eigenvalue weighted by atomic mass is 9.87. The molecule has 1 aromatic carbocycles. The van der Waals surface area contributed by atoms with E-state index >= 15 is 0 Å². The molecular formula is C25H31N5O3. The highest BCUT2D eigenvalue weighted by Crippen LogP contribution is 2.33. The zero-order valence-corrected chi connectivity index (χ0v) is 19.5. The molecule has 1 aliphatic heterocycles. The van der Waals surface area contributed by atoms with Gasteiger partial charge in [-0.15, -0.1) is 0 Å². The van der Waals surface area contributed by atoms with Crippen molar-refractivity contribution >= 4 is 16.9 Å². The van der Waals surface area contributed by atoms with E-state index in [0.717, 1.165) is 18.5 Å². The smallest absolute Gasteiger partial charge is 0.264 e. The fourth-order valence-corrected chi connectivity index (χ4v) is 4.56. The maximum atomic E-state index is 13.1. The molecule has 0 spiro atoms. The lowest BCUT2D eigenvalue weighted by molar-refractivity contribution is -0.137. The van der Waals surface area contributed by atoms with Crippen LogP contribution in [0.2, 0.25) is 0 Å². The van der Waals surface area contributed by atoms with Crippen LogP contribution < -0.4 is 5.56 Å². The van der Waals surface area contributed by atoms with Crippen LogP contribution in [0.15, 0.2) is 41.6 Å². The molecular weight excluding hydrogens is 418 g/mol. The zero-order valence-electron chi connectivity index (χ0n) is 19.5. The second kappa shape index (κ2) is 7.80. The summed E-state index contributed by atoms with van der Waals surface area (Å²) in [6.45, 7) is 7.71. The molecule has 8 nitrogen and oxygen atoms in total. The Kier molecular flexibility index (Phi) is 5.16. The summed E-state index contributed by atoms with van der Waals surface area (Å²) >= 11 is 0. The van der Waals surface area contributed by atoms with Crippen molar-refractivity contribution in [2.75, 3.05) is 13.1 Å². The van der Waals surface area contributed by atoms with Gasteiger partial charge in [-0.25, -0.2) is 9.67 Å². The number of nitrogens with zero attached hydrogens (tertiary/aromatic N) is 5. The van der Waals surface area contributed by atoms with Gasteiger partial charge in [-0.05, 0) is 48.8 Å². The first kappa shape index (κ1) is 21.8. The summed E-state index contributed by atoms with van der Waals surface area (Å²) in [4.78, 5) is 31.8. The monoisotopic (exact) mass is 449 g/mol. The van der Waals surface area contributed by atoms with Crippen LogP contribution >= 0.6 is 0 Å². The topological polar surface area (TPSA) is 93.2 Å². The van der Waals surface area contributed by atoms with Crippen molar-refractivity contribution in [1.82, 2.24) is 24.2 Å². The number of likely N-dealkylation sites (tertiary alicyclic amines) is 1. The Morgan fingerprint density at radius 2 is 1.82 bits per heavy atom. The predicted octanol–water partition coefficient (Wildman–Crippen LogP) is 2.64. The van der Waals surface area contributed by atoms with Crippen molar-refractivity contribution in [3.63, 3.8) is 0 Å². The summed E-state index contributed by atoms with van der Waals surface area (Å²) in [5, 5.41) is 15.9. The molecule has 0 unspecified atom stereocenters. The molecule has 5 rings (SSSR count). The summed E-state index contributed by atoms with van der Waals surface area (Å²) in [5.74, 6) is 0.395. The highest BCUT2D eigenvalue weighted by molar-refractivity contribution is 5.81. The van der Waals surface area contributed by atoms with E-state index < -0.39 is 5.60 Å². The lowest BCUT2D eigenvalue weighted by Gasteiger charge is -2.38. The molecule has 0 radical (unpaired) electrons. The number of aromatic nitrogens is 4. The Balaban J connectivity index is 1.35. The van der Waals surface area contributed by atoms with Crippen molar-refractivity contribution in [3.05, 3.63) is 52.7 Å². The molecule has 1 N–H and O–H groups in total. The fourth-order valence-electron chi connectivity index (χ4n) is 4.56. The van der Waals surface area contributed by atoms with Crippen LogP contribution in [0.4, 0.5) is 0 Å². The first-order chi connectivity index (χ1) is 15.6. The van der Waals surface area contributed by atoms with Crippen LogP contribution in [0.3, 0.4) is 0 Å². The summed E-state index contributed by atoms with van der Waals surface area (Å²) in [5.41, 5.74) is 1.36. The van der Waals surface area contributed by atoms with Crippen LogP contribution in [0.25, 0.3) is 16.7 Å². The molecule has 33 heavy (non-hydrogen) atoms. The minimum atomic E-state index is -1.03. The van der Waals surface area contributed by atoms with E-state index in [1.165, 1.54) is 16.5 Å². The van der Waals surface area contributed by atoms with Crippen molar-refractivity contribution in [2.45, 2.75) is 64.0 Å². The molecule has 2 aromatic heterocycles. The van der Waals surface area contributed by atoms with Crippen molar-refractivity contribution in [1.29, 1.82) is 0 Å². The van der Waals surface area contributed by atoms with E-state index in [-0.39, 0.29) is 29.3 Å². The number of aliphatic hydroxyl groups is 1. The van der Waals surface area contributed by atoms with E-state index in [4.69, 9.17) is 0 Å². The van der Waals surface area contributed by atoms with E-state index in [1.54, 1.807) is 10.9 Å². The standard InChI is InChI=1S/C25H31N5O3/c1-24(2,3)18-6-8-19(9-7-18)30-21-20(14-27-30)23(32)29(16-26-21)15-25(33)10-12-28(13-11-25)22(31)17-4-5-17/h6-9,14,16-17,33H,4-5,10-13,15H2,1-3H3. The zero-order chi connectivity index (χ0) is 23.4. The average molecular weight is 450 g/mol. The van der Waals surface area contributed by atoms with Gasteiger partial charge >= 0.3 is 0 Å². The van der Waals surface area contributed by atoms with Crippen molar-refractivity contribution < 1.29 is 9.90 Å². The third kappa shape index (κ3) is 4.19. The van der Waals surface area contributed by atoms with Gasteiger partial charge in [0.05, 0.1) is 24.0 Å². The van der Waals surface area contributed by atoms with E-state index in [1.807, 2.05) is 17.0 Å². The number of fused-ring (bicyclic) bond motifs is 1. The average Bonchev–Trinajstić information content (AvgIpc) is 3.54. The van der Waals surface area contributed by atoms with Crippen LogP contribution in [0.5, 0.6) is 0 Å². The number of carbonyl (C=O) groups excluding carboxylic acids is 1. The highest BCUT2D eigenvalue weighted by atomic mass is 16.3. The fraction of sp³-hybridized carbons (Fsp3) is 0.520. The number of piperidine rings is 1. The Morgan fingerprint density at radius 1 is 1.15 bits per heavy atom. The van der Waals surface area contributed by atoms with Crippen molar-refractivity contribution in [3.8, 4) is 5.69 Å². The van der Waals surface area contributed by atoms with Crippen molar-refractivity contribution in [2.24, 2.45) is 5.92 Å². The maximum Gasteiger partial charge on any atom is 0.264 e. The van der Waals surface area contributed by atoms with Gasteiger partial charge in [-0.2, -0.15) is 5.10 Å². The van der Waals surface area contributed by atoms with Crippen LogP contribution in [-0.2, 0) is 16.8 Å². The quantitative estimate of drug-likeness (QED) is 0.661. The van der Waals surface area contributed by atoms with Crippen LogP contribution in [-0.4, -0.2) is 53.9 Å². The highest BCUT2D eigenvalue weighted by Gasteiger charge is 2.39. The number of rotatable bonds is 4. The van der Waals surface area contributed by atoms with E-state index in [9.17, 15) is 14.7 Å². The molecule has 1 saturated carbocycles. The minimum absolute atomic E-state index is 0.0539. The predicted molar refractivity (Wildman–Crippen MR) is 125 cm³/mol. The normalized spacial score (nSPS) is 18.6. The molecule has 1 saturated heterocycles. The first-order valence-electron chi connectivity index (χ1n) is 11.7. The van der Waals surface area contributed by atoms with Gasteiger partial charge in [-0.3, -0.25) is 14.2 Å². The first-order valence-corrected chi connectivity index (χ1v) is 11.7. The van der Waals surface area contributed by atoms with Crippen LogP contribution in [0, 0.1) is 5.92 Å². The second-order valence-electron chi connectivity index (χ2n) is 10.6. The molecule has 0 atom stereocenters. The Labute approximate surface area is 192 Å². The van der Waals surface area contributed by atoms with Crippen LogP contribution in [0.1, 0.15) is 52.0 Å². The van der Waals surface area contributed by atoms with Gasteiger partial charge in [0.2, 0.25) is 5.91 Å². The largest absolute Gasteiger partial charge is 0.388 e. The summed E-state index contributed by atoms with van der Waals surface area (Å²) < 4.78 is 3.14. The van der Waals surface area contributed by atoms with E-state index in [0.29, 0.717) is 37.0 Å². The molecule has 2 fully saturated rings. The molecule has 174 valence electrons. The SMILES string of the molecule is CC(C)(C)c1ccc(-n2ncc3c(=O)n(CC4(O)CCN(C(=O)C5CC5)CC4)cnc32)cc1. The molecule has 1 aliphatic carbocycles. The van der Waals surface area contributed by atoms with Gasteiger partial charge in [0.1, 0.15) is 11.7 Å². The molecule has 0 bridgehead atoms. The van der Waals surface area contributed by atoms with Gasteiger partial charge in [-0.1, -0.05) is 32.9 Å². The third-order valence-corrected chi connectivity index (χ3v) is 6.93. The van der Waals surface area contributed by atoms with Gasteiger partial charge in [0.15, 0.2) is 5.65 Å². The Bertz CT molecular complexity index is 1240. The summed E-state index contributed by atoms with van der Waals surface area (Å²) in [6.07, 6.45) is 5.90. The number of hydrogen-bond donors (Lipinski definition) is 1. The number of amides is 1. The van der Waals surface area contributed by atoms with Gasteiger partial charge < -0.3 is 10.0 Å². The molecule has 1 amide bonds. The Morgan fingerprint density at radius 3 is 2.42 bits per heavy atom. The number of benzene rings is 1. The van der Waals surface area contributed by atoms with E-state index in [2.05, 4.69) is 43.0 Å². The molecule has 2 aliphatic rings. The Hall–Kier alpha value is -3.00. The summed E-state index contributed by atoms with van der Waals surface area (Å²) in [6, 6.07) is 8.11. The summed E-state index contributed by atoms with van der Waals surface area (Å²) in [7, 11) is 0. The lowest BCUT2D eigenvalue weighted by Crippen LogP contribution is -2.50. The maximum absolute atomic E-state index is 13.1. The molecule has 3 aromatic rings. The molecule has 8 heteroatoms.